The highest BCUT2D eigenvalue weighted by molar-refractivity contribution is 6.06. The van der Waals surface area contributed by atoms with Gasteiger partial charge in [-0.15, -0.1) is 0 Å². The molecule has 1 aromatic heterocycles. The van der Waals surface area contributed by atoms with Gasteiger partial charge in [-0.3, -0.25) is 9.59 Å². The number of ether oxygens (including phenoxy) is 1. The van der Waals surface area contributed by atoms with E-state index in [0.717, 1.165) is 5.56 Å². The summed E-state index contributed by atoms with van der Waals surface area (Å²) < 4.78 is 21.1. The Hall–Kier alpha value is -3.35. The van der Waals surface area contributed by atoms with E-state index in [4.69, 9.17) is 4.74 Å². The van der Waals surface area contributed by atoms with E-state index in [2.05, 4.69) is 5.32 Å². The Bertz CT molecular complexity index is 1100. The van der Waals surface area contributed by atoms with Crippen molar-refractivity contribution in [2.24, 2.45) is 5.92 Å². The number of esters is 1. The molecule has 0 radical (unpaired) electrons. The van der Waals surface area contributed by atoms with Crippen molar-refractivity contribution in [1.82, 2.24) is 9.88 Å². The molecule has 4 rings (SSSR count). The third-order valence-electron chi connectivity index (χ3n) is 6.00. The van der Waals surface area contributed by atoms with Crippen LogP contribution < -0.4 is 5.32 Å². The fraction of sp³-hybridized carbons (Fsp3) is 0.333. The minimum atomic E-state index is -0.380. The van der Waals surface area contributed by atoms with E-state index in [-0.39, 0.29) is 35.4 Å². The van der Waals surface area contributed by atoms with Crippen molar-refractivity contribution in [3.8, 4) is 5.75 Å². The molecule has 2 N–H and O–H groups in total. The smallest absolute Gasteiger partial charge is 0.308 e. The summed E-state index contributed by atoms with van der Waals surface area (Å²) in [6.45, 7) is 0.442. The highest BCUT2D eigenvalue weighted by Crippen LogP contribution is 2.28. The van der Waals surface area contributed by atoms with E-state index in [1.165, 1.54) is 19.2 Å². The zero-order chi connectivity index (χ0) is 22.0. The molecule has 7 heteroatoms. The largest absolute Gasteiger partial charge is 0.508 e. The molecule has 0 bridgehead atoms. The molecule has 1 fully saturated rings. The number of halogens is 1. The van der Waals surface area contributed by atoms with Crippen LogP contribution in [0.3, 0.4) is 0 Å². The van der Waals surface area contributed by atoms with E-state index in [1.54, 1.807) is 36.5 Å². The Morgan fingerprint density at radius 1 is 1.10 bits per heavy atom. The van der Waals surface area contributed by atoms with Gasteiger partial charge >= 0.3 is 5.97 Å². The Morgan fingerprint density at radius 3 is 2.48 bits per heavy atom. The number of aromatic hydroxyl groups is 1. The highest BCUT2D eigenvalue weighted by Gasteiger charge is 2.28. The predicted octanol–water partition coefficient (Wildman–Crippen LogP) is 4.00. The second-order valence-corrected chi connectivity index (χ2v) is 8.01. The van der Waals surface area contributed by atoms with Gasteiger partial charge in [0.1, 0.15) is 11.6 Å². The minimum Gasteiger partial charge on any atom is -0.508 e. The zero-order valence-corrected chi connectivity index (χ0v) is 17.3. The summed E-state index contributed by atoms with van der Waals surface area (Å²) in [7, 11) is 1.39. The molecule has 1 aliphatic carbocycles. The first-order valence-corrected chi connectivity index (χ1v) is 10.4. The SMILES string of the molecule is COC(=O)C1CCC(NC(=O)c2ccc(F)c3ccn(Cc4ccc(O)cc4)c23)CC1. The molecule has 0 saturated heterocycles. The van der Waals surface area contributed by atoms with E-state index < -0.39 is 0 Å². The molecule has 0 spiro atoms. The number of carbonyl (C=O) groups is 2. The van der Waals surface area contributed by atoms with Crippen LogP contribution in [0.5, 0.6) is 5.75 Å². The molecule has 0 unspecified atom stereocenters. The lowest BCUT2D eigenvalue weighted by Crippen LogP contribution is -2.39. The first-order chi connectivity index (χ1) is 15.0. The molecule has 1 heterocycles. The van der Waals surface area contributed by atoms with Crippen LogP contribution in [0.4, 0.5) is 4.39 Å². The molecule has 0 aliphatic heterocycles. The van der Waals surface area contributed by atoms with Gasteiger partial charge in [0.15, 0.2) is 0 Å². The Morgan fingerprint density at radius 2 is 1.81 bits per heavy atom. The lowest BCUT2D eigenvalue weighted by Gasteiger charge is -2.27. The van der Waals surface area contributed by atoms with E-state index in [1.807, 2.05) is 4.57 Å². The maximum absolute atomic E-state index is 14.4. The normalized spacial score (nSPS) is 18.6. The average Bonchev–Trinajstić information content (AvgIpc) is 3.20. The second-order valence-electron chi connectivity index (χ2n) is 8.01. The van der Waals surface area contributed by atoms with Crippen LogP contribution in [0, 0.1) is 11.7 Å². The number of rotatable bonds is 5. The standard InChI is InChI=1S/C24H25FN2O4/c1-31-24(30)16-4-6-17(7-5-16)26-23(29)20-10-11-21(25)19-12-13-27(22(19)20)14-15-2-8-18(28)9-3-15/h2-3,8-13,16-17,28H,4-7,14H2,1H3,(H,26,29). The van der Waals surface area contributed by atoms with E-state index in [0.29, 0.717) is 48.7 Å². The van der Waals surface area contributed by atoms with E-state index >= 15 is 0 Å². The number of phenolic OH excluding ortho intramolecular Hbond substituents is 1. The first-order valence-electron chi connectivity index (χ1n) is 10.4. The molecule has 0 atom stereocenters. The van der Waals surface area contributed by atoms with Gasteiger partial charge < -0.3 is 19.7 Å². The maximum Gasteiger partial charge on any atom is 0.308 e. The monoisotopic (exact) mass is 424 g/mol. The number of aromatic nitrogens is 1. The number of phenols is 1. The summed E-state index contributed by atoms with van der Waals surface area (Å²) in [6, 6.07) is 11.2. The number of nitrogens with one attached hydrogen (secondary N) is 1. The fourth-order valence-electron chi connectivity index (χ4n) is 4.31. The summed E-state index contributed by atoms with van der Waals surface area (Å²) in [5.41, 5.74) is 1.87. The zero-order valence-electron chi connectivity index (χ0n) is 17.3. The number of fused-ring (bicyclic) bond motifs is 1. The van der Waals surface area contributed by atoms with Gasteiger partial charge in [0, 0.05) is 24.2 Å². The molecule has 2 aromatic carbocycles. The van der Waals surface area contributed by atoms with Gasteiger partial charge in [0.2, 0.25) is 0 Å². The summed E-state index contributed by atoms with van der Waals surface area (Å²) in [6.07, 6.45) is 4.51. The van der Waals surface area contributed by atoms with Gasteiger partial charge in [-0.2, -0.15) is 0 Å². The molecular formula is C24H25FN2O4. The number of benzene rings is 2. The van der Waals surface area contributed by atoms with Crippen LogP contribution in [0.15, 0.2) is 48.7 Å². The molecule has 3 aromatic rings. The van der Waals surface area contributed by atoms with Gasteiger partial charge in [-0.1, -0.05) is 12.1 Å². The highest BCUT2D eigenvalue weighted by atomic mass is 19.1. The quantitative estimate of drug-likeness (QED) is 0.607. The number of nitrogens with zero attached hydrogens (tertiary/aromatic N) is 1. The van der Waals surface area contributed by atoms with Crippen molar-refractivity contribution in [1.29, 1.82) is 0 Å². The number of hydrogen-bond acceptors (Lipinski definition) is 4. The van der Waals surface area contributed by atoms with Crippen LogP contribution in [0.25, 0.3) is 10.9 Å². The summed E-state index contributed by atoms with van der Waals surface area (Å²) in [4.78, 5) is 24.8. The number of methoxy groups -OCH3 is 1. The third-order valence-corrected chi connectivity index (χ3v) is 6.00. The van der Waals surface area contributed by atoms with Crippen LogP contribution in [0.1, 0.15) is 41.6 Å². The molecular weight excluding hydrogens is 399 g/mol. The van der Waals surface area contributed by atoms with Crippen molar-refractivity contribution in [2.45, 2.75) is 38.3 Å². The van der Waals surface area contributed by atoms with E-state index in [9.17, 15) is 19.1 Å². The Labute approximate surface area is 179 Å². The summed E-state index contributed by atoms with van der Waals surface area (Å²) >= 11 is 0. The Kier molecular flexibility index (Phi) is 5.93. The molecule has 1 amide bonds. The number of hydrogen-bond donors (Lipinski definition) is 2. The van der Waals surface area contributed by atoms with Crippen molar-refractivity contribution in [3.05, 3.63) is 65.6 Å². The predicted molar refractivity (Wildman–Crippen MR) is 114 cm³/mol. The van der Waals surface area contributed by atoms with Crippen molar-refractivity contribution < 1.29 is 23.8 Å². The van der Waals surface area contributed by atoms with Crippen LogP contribution in [-0.2, 0) is 16.1 Å². The number of amides is 1. The molecule has 1 saturated carbocycles. The van der Waals surface area contributed by atoms with Gasteiger partial charge in [0.05, 0.1) is 24.1 Å². The first kappa shape index (κ1) is 20.9. The van der Waals surface area contributed by atoms with Crippen molar-refractivity contribution in [2.75, 3.05) is 7.11 Å². The lowest BCUT2D eigenvalue weighted by atomic mass is 9.86. The van der Waals surface area contributed by atoms with Gasteiger partial charge in [0.25, 0.3) is 5.91 Å². The van der Waals surface area contributed by atoms with Crippen LogP contribution in [0.2, 0.25) is 0 Å². The fourth-order valence-corrected chi connectivity index (χ4v) is 4.31. The number of carbonyl (C=O) groups excluding carboxylic acids is 2. The minimum absolute atomic E-state index is 0.0333. The van der Waals surface area contributed by atoms with Gasteiger partial charge in [-0.05, 0) is 61.6 Å². The maximum atomic E-state index is 14.4. The molecule has 1 aliphatic rings. The second kappa shape index (κ2) is 8.79. The molecule has 162 valence electrons. The van der Waals surface area contributed by atoms with Crippen molar-refractivity contribution >= 4 is 22.8 Å². The van der Waals surface area contributed by atoms with Gasteiger partial charge in [-0.25, -0.2) is 4.39 Å². The molecule has 6 nitrogen and oxygen atoms in total. The average molecular weight is 424 g/mol. The Balaban J connectivity index is 1.55. The summed E-state index contributed by atoms with van der Waals surface area (Å²) in [5, 5.41) is 12.9. The summed E-state index contributed by atoms with van der Waals surface area (Å²) in [5.74, 6) is -0.767. The topological polar surface area (TPSA) is 80.6 Å². The van der Waals surface area contributed by atoms with Crippen LogP contribution >= 0.6 is 0 Å². The van der Waals surface area contributed by atoms with Crippen molar-refractivity contribution in [3.63, 3.8) is 0 Å². The molecule has 31 heavy (non-hydrogen) atoms. The third kappa shape index (κ3) is 4.40. The van der Waals surface area contributed by atoms with Crippen LogP contribution in [-0.4, -0.2) is 34.7 Å². The lowest BCUT2D eigenvalue weighted by molar-refractivity contribution is -0.146.